The van der Waals surface area contributed by atoms with Gasteiger partial charge in [0.1, 0.15) is 11.8 Å². The Hall–Kier alpha value is -3.04. The van der Waals surface area contributed by atoms with Crippen molar-refractivity contribution in [2.75, 3.05) is 45.3 Å². The third-order valence-corrected chi connectivity index (χ3v) is 9.92. The van der Waals surface area contributed by atoms with Gasteiger partial charge >= 0.3 is 0 Å². The van der Waals surface area contributed by atoms with Gasteiger partial charge in [0.05, 0.1) is 35.5 Å². The monoisotopic (exact) mass is 634 g/mol. The fourth-order valence-electron chi connectivity index (χ4n) is 5.87. The second kappa shape index (κ2) is 12.9. The fraction of sp³-hybridized carbons (Fsp3) is 0.517. The summed E-state index contributed by atoms with van der Waals surface area (Å²) in [5, 5.41) is 2.94. The second-order valence-electron chi connectivity index (χ2n) is 11.4. The van der Waals surface area contributed by atoms with Crippen molar-refractivity contribution in [1.29, 1.82) is 0 Å². The van der Waals surface area contributed by atoms with Crippen LogP contribution in [0.3, 0.4) is 0 Å². The van der Waals surface area contributed by atoms with Crippen LogP contribution in [0, 0.1) is 0 Å². The van der Waals surface area contributed by atoms with E-state index in [1.165, 1.54) is 0 Å². The lowest BCUT2D eigenvalue weighted by Gasteiger charge is -2.41. The van der Waals surface area contributed by atoms with Crippen molar-refractivity contribution in [1.82, 2.24) is 19.8 Å². The Morgan fingerprint density at radius 3 is 2.42 bits per heavy atom. The Bertz CT molecular complexity index is 1550. The molecular formula is C29H38N4O8S2. The van der Waals surface area contributed by atoms with E-state index in [0.717, 1.165) is 18.1 Å². The van der Waals surface area contributed by atoms with Crippen LogP contribution < -0.4 is 14.8 Å². The molecule has 2 aromatic rings. The molecular weight excluding hydrogens is 596 g/mol. The second-order valence-corrected chi connectivity index (χ2v) is 15.2. The average molecular weight is 635 g/mol. The zero-order valence-electron chi connectivity index (χ0n) is 24.3. The number of rotatable bonds is 5. The molecule has 43 heavy (non-hydrogen) atoms. The normalized spacial score (nSPS) is 26.0. The summed E-state index contributed by atoms with van der Waals surface area (Å²) in [6, 6.07) is 12.3. The molecule has 2 amide bonds. The van der Waals surface area contributed by atoms with Crippen LogP contribution in [0.2, 0.25) is 0 Å². The maximum atomic E-state index is 13.9. The van der Waals surface area contributed by atoms with Gasteiger partial charge in [-0.05, 0) is 42.7 Å². The number of nitrogens with zero attached hydrogens (tertiary/aromatic N) is 2. The van der Waals surface area contributed by atoms with Crippen LogP contribution in [0.25, 0.3) is 0 Å². The van der Waals surface area contributed by atoms with E-state index < -0.39 is 38.0 Å². The van der Waals surface area contributed by atoms with Crippen LogP contribution in [-0.4, -0.2) is 108 Å². The largest absolute Gasteiger partial charge is 0.493 e. The quantitative estimate of drug-likeness (QED) is 0.486. The molecule has 3 aliphatic rings. The first kappa shape index (κ1) is 31.4. The van der Waals surface area contributed by atoms with E-state index in [0.29, 0.717) is 50.3 Å². The van der Waals surface area contributed by atoms with Crippen LogP contribution >= 0.6 is 0 Å². The van der Waals surface area contributed by atoms with Gasteiger partial charge in [-0.3, -0.25) is 14.5 Å². The molecule has 234 valence electrons. The van der Waals surface area contributed by atoms with Crippen molar-refractivity contribution >= 4 is 31.7 Å². The van der Waals surface area contributed by atoms with Crippen LogP contribution in [0.1, 0.15) is 35.2 Å². The van der Waals surface area contributed by atoms with E-state index in [1.54, 1.807) is 53.4 Å². The Labute approximate surface area is 252 Å². The van der Waals surface area contributed by atoms with Crippen molar-refractivity contribution in [3.8, 4) is 5.75 Å². The number of carbonyl (C=O) groups is 2. The molecule has 2 aromatic carbocycles. The summed E-state index contributed by atoms with van der Waals surface area (Å²) in [4.78, 5) is 31.5. The Morgan fingerprint density at radius 2 is 1.70 bits per heavy atom. The number of carbonyl (C=O) groups excluding carboxylic acids is 2. The number of piperazine rings is 1. The number of hydrogen-bond donors (Lipinski definition) is 2. The van der Waals surface area contributed by atoms with Gasteiger partial charge in [0.15, 0.2) is 9.84 Å². The number of para-hydroxylation sites is 1. The molecule has 0 aromatic heterocycles. The molecule has 3 heterocycles. The van der Waals surface area contributed by atoms with Gasteiger partial charge in [-0.1, -0.05) is 24.3 Å². The SMILES string of the molecule is CS(=O)(=O)N[C@@H]1CC[C@H]2CCOc3ccccc3C(=O)N3CCN(Cc4ccc(S(C)(=O)=O)cc4)C[C@H]3C(=O)NC[C@H]1O2. The van der Waals surface area contributed by atoms with Gasteiger partial charge in [-0.15, -0.1) is 0 Å². The number of hydrogen-bond acceptors (Lipinski definition) is 9. The zero-order valence-corrected chi connectivity index (χ0v) is 25.9. The molecule has 0 aliphatic carbocycles. The predicted octanol–water partition coefficient (Wildman–Crippen LogP) is 0.781. The molecule has 14 heteroatoms. The maximum Gasteiger partial charge on any atom is 0.258 e. The lowest BCUT2D eigenvalue weighted by molar-refractivity contribution is -0.130. The predicted molar refractivity (Wildman–Crippen MR) is 159 cm³/mol. The smallest absolute Gasteiger partial charge is 0.258 e. The summed E-state index contributed by atoms with van der Waals surface area (Å²) in [7, 11) is -6.82. The molecule has 2 fully saturated rings. The highest BCUT2D eigenvalue weighted by Crippen LogP contribution is 2.27. The molecule has 0 radical (unpaired) electrons. The minimum Gasteiger partial charge on any atom is -0.493 e. The minimum atomic E-state index is -3.50. The van der Waals surface area contributed by atoms with Crippen molar-refractivity contribution < 1.29 is 35.9 Å². The number of ether oxygens (including phenoxy) is 2. The first-order valence-electron chi connectivity index (χ1n) is 14.3. The van der Waals surface area contributed by atoms with Gasteiger partial charge in [-0.2, -0.15) is 0 Å². The first-order valence-corrected chi connectivity index (χ1v) is 18.1. The maximum absolute atomic E-state index is 13.9. The van der Waals surface area contributed by atoms with E-state index >= 15 is 0 Å². The molecule has 4 atom stereocenters. The highest BCUT2D eigenvalue weighted by Gasteiger charge is 2.39. The third-order valence-electron chi connectivity index (χ3n) is 8.06. The Morgan fingerprint density at radius 1 is 0.953 bits per heavy atom. The summed E-state index contributed by atoms with van der Waals surface area (Å²) in [6.07, 6.45) is 3.19. The third kappa shape index (κ3) is 7.92. The molecule has 2 saturated heterocycles. The van der Waals surface area contributed by atoms with Crippen LogP contribution in [0.15, 0.2) is 53.4 Å². The van der Waals surface area contributed by atoms with E-state index in [2.05, 4.69) is 14.9 Å². The topological polar surface area (TPSA) is 151 Å². The fourth-order valence-corrected chi connectivity index (χ4v) is 7.32. The van der Waals surface area contributed by atoms with Crippen molar-refractivity contribution in [2.24, 2.45) is 0 Å². The number of sulfone groups is 1. The summed E-state index contributed by atoms with van der Waals surface area (Å²) in [5.41, 5.74) is 1.26. The lowest BCUT2D eigenvalue weighted by atomic mass is 9.97. The van der Waals surface area contributed by atoms with Crippen molar-refractivity contribution in [3.63, 3.8) is 0 Å². The molecule has 12 nitrogen and oxygen atoms in total. The van der Waals surface area contributed by atoms with Crippen LogP contribution in [0.4, 0.5) is 0 Å². The van der Waals surface area contributed by atoms with Crippen molar-refractivity contribution in [3.05, 3.63) is 59.7 Å². The number of nitrogens with one attached hydrogen (secondary N) is 2. The summed E-state index contributed by atoms with van der Waals surface area (Å²) in [5.74, 6) is -0.246. The van der Waals surface area contributed by atoms with Crippen molar-refractivity contribution in [2.45, 2.75) is 55.0 Å². The summed E-state index contributed by atoms with van der Waals surface area (Å²) in [6.45, 7) is 1.88. The first-order chi connectivity index (χ1) is 20.4. The standard InChI is InChI=1S/C29H38N4O8S2/c1-42(36,37)22-10-7-20(8-11-22)18-32-14-15-33-25(19-32)28(34)30-17-27-24(31-43(2,38)39)12-9-21(41-27)13-16-40-26-6-4-3-5-23(26)29(33)35/h3-8,10-11,21,24-25,27,31H,9,12-19H2,1-2H3,(H,30,34)/t21-,24+,25-,27+/m0/s1. The van der Waals surface area contributed by atoms with Gasteiger partial charge in [0, 0.05) is 51.4 Å². The Kier molecular flexibility index (Phi) is 9.42. The molecule has 0 spiro atoms. The zero-order chi connectivity index (χ0) is 30.8. The van der Waals surface area contributed by atoms with E-state index in [4.69, 9.17) is 9.47 Å². The van der Waals surface area contributed by atoms with Gasteiger partial charge < -0.3 is 19.7 Å². The molecule has 0 saturated carbocycles. The highest BCUT2D eigenvalue weighted by atomic mass is 32.2. The Balaban J connectivity index is 1.40. The van der Waals surface area contributed by atoms with E-state index in [9.17, 15) is 26.4 Å². The number of amides is 2. The van der Waals surface area contributed by atoms with Crippen LogP contribution in [0.5, 0.6) is 5.75 Å². The van der Waals surface area contributed by atoms with E-state index in [1.807, 2.05) is 0 Å². The lowest BCUT2D eigenvalue weighted by Crippen LogP contribution is -2.61. The molecule has 0 unspecified atom stereocenters. The van der Waals surface area contributed by atoms with E-state index in [-0.39, 0.29) is 42.4 Å². The van der Waals surface area contributed by atoms with Crippen LogP contribution in [-0.2, 0) is 35.9 Å². The summed E-state index contributed by atoms with van der Waals surface area (Å²) >= 11 is 0. The highest BCUT2D eigenvalue weighted by molar-refractivity contribution is 7.90. The summed E-state index contributed by atoms with van der Waals surface area (Å²) < 4.78 is 62.7. The molecule has 5 rings (SSSR count). The molecule has 2 bridgehead atoms. The molecule has 2 N–H and O–H groups in total. The number of sulfonamides is 1. The number of fused-ring (bicyclic) bond motifs is 4. The van der Waals surface area contributed by atoms with Gasteiger partial charge in [-0.25, -0.2) is 21.6 Å². The van der Waals surface area contributed by atoms with Gasteiger partial charge in [0.25, 0.3) is 5.91 Å². The van der Waals surface area contributed by atoms with Gasteiger partial charge in [0.2, 0.25) is 15.9 Å². The minimum absolute atomic E-state index is 0.0748. The average Bonchev–Trinajstić information content (AvgIpc) is 2.95. The number of benzene rings is 2. The molecule has 3 aliphatic heterocycles.